The van der Waals surface area contributed by atoms with Crippen molar-refractivity contribution in [1.29, 1.82) is 0 Å². The molecule has 0 aliphatic carbocycles. The molecule has 25 heavy (non-hydrogen) atoms. The summed E-state index contributed by atoms with van der Waals surface area (Å²) in [4.78, 5) is 25.4. The number of nitrogens with one attached hydrogen (secondary N) is 1. The van der Waals surface area contributed by atoms with E-state index in [0.717, 1.165) is 32.7 Å². The molecule has 1 saturated heterocycles. The second-order valence-electron chi connectivity index (χ2n) is 6.30. The molecular weight excluding hydrogens is 314 g/mol. The zero-order chi connectivity index (χ0) is 17.6. The predicted octanol–water partition coefficient (Wildman–Crippen LogP) is 2.43. The quantitative estimate of drug-likeness (QED) is 0.906. The molecule has 1 atom stereocenters. The first-order valence-electron chi connectivity index (χ1n) is 8.82. The molecule has 3 rings (SSSR count). The first-order valence-corrected chi connectivity index (χ1v) is 8.82. The molecule has 0 radical (unpaired) electrons. The lowest BCUT2D eigenvalue weighted by atomic mass is 10.1. The Morgan fingerprint density at radius 3 is 2.36 bits per heavy atom. The zero-order valence-corrected chi connectivity index (χ0v) is 14.9. The van der Waals surface area contributed by atoms with Crippen LogP contribution in [0.15, 0.2) is 42.7 Å². The number of piperazine rings is 1. The monoisotopic (exact) mass is 339 g/mol. The van der Waals surface area contributed by atoms with Gasteiger partial charge in [0.05, 0.1) is 11.6 Å². The Labute approximate surface area is 148 Å². The van der Waals surface area contributed by atoms with E-state index < -0.39 is 0 Å². The van der Waals surface area contributed by atoms with Crippen molar-refractivity contribution in [3.8, 4) is 0 Å². The van der Waals surface area contributed by atoms with Gasteiger partial charge in [-0.15, -0.1) is 0 Å². The highest BCUT2D eigenvalue weighted by Crippen LogP contribution is 2.16. The number of anilines is 1. The van der Waals surface area contributed by atoms with Crippen LogP contribution < -0.4 is 5.32 Å². The van der Waals surface area contributed by atoms with Gasteiger partial charge in [-0.2, -0.15) is 0 Å². The molecule has 1 aromatic heterocycles. The number of aromatic nitrogens is 2. The number of rotatable bonds is 5. The molecule has 1 unspecified atom stereocenters. The predicted molar refractivity (Wildman–Crippen MR) is 98.5 cm³/mol. The summed E-state index contributed by atoms with van der Waals surface area (Å²) in [5, 5.41) is 3.26. The van der Waals surface area contributed by atoms with Crippen LogP contribution >= 0.6 is 0 Å². The third-order valence-corrected chi connectivity index (χ3v) is 4.65. The summed E-state index contributed by atoms with van der Waals surface area (Å²) >= 11 is 0. The molecule has 0 spiro atoms. The van der Waals surface area contributed by atoms with E-state index in [2.05, 4.69) is 46.2 Å². The molecule has 6 nitrogen and oxygen atoms in total. The summed E-state index contributed by atoms with van der Waals surface area (Å²) < 4.78 is 0. The van der Waals surface area contributed by atoms with Gasteiger partial charge in [0, 0.05) is 38.6 Å². The van der Waals surface area contributed by atoms with Crippen LogP contribution in [0.25, 0.3) is 0 Å². The Morgan fingerprint density at radius 1 is 1.12 bits per heavy atom. The zero-order valence-electron chi connectivity index (χ0n) is 14.9. The SMILES string of the molecule is CCN1CCN(C(=O)c2cnc(NC(C)c3ccccc3)nc2)CC1. The summed E-state index contributed by atoms with van der Waals surface area (Å²) in [5.74, 6) is 0.544. The minimum Gasteiger partial charge on any atom is -0.348 e. The topological polar surface area (TPSA) is 61.4 Å². The fourth-order valence-corrected chi connectivity index (χ4v) is 2.98. The van der Waals surface area contributed by atoms with Crippen molar-refractivity contribution in [1.82, 2.24) is 19.8 Å². The van der Waals surface area contributed by atoms with Gasteiger partial charge < -0.3 is 15.1 Å². The highest BCUT2D eigenvalue weighted by Gasteiger charge is 2.21. The Bertz CT molecular complexity index is 681. The van der Waals surface area contributed by atoms with Crippen LogP contribution in [0, 0.1) is 0 Å². The molecule has 6 heteroatoms. The molecule has 1 aliphatic rings. The van der Waals surface area contributed by atoms with Gasteiger partial charge in [0.1, 0.15) is 0 Å². The molecular formula is C19H25N5O. The van der Waals surface area contributed by atoms with E-state index in [1.807, 2.05) is 23.1 Å². The Balaban J connectivity index is 1.59. The fraction of sp³-hybridized carbons (Fsp3) is 0.421. The number of hydrogen-bond acceptors (Lipinski definition) is 5. The van der Waals surface area contributed by atoms with E-state index >= 15 is 0 Å². The van der Waals surface area contributed by atoms with Crippen LogP contribution in [0.1, 0.15) is 35.8 Å². The molecule has 1 aliphatic heterocycles. The third kappa shape index (κ3) is 4.33. The Morgan fingerprint density at radius 2 is 1.76 bits per heavy atom. The lowest BCUT2D eigenvalue weighted by Gasteiger charge is -2.33. The summed E-state index contributed by atoms with van der Waals surface area (Å²) in [6, 6.07) is 10.2. The second kappa shape index (κ2) is 8.07. The highest BCUT2D eigenvalue weighted by molar-refractivity contribution is 5.93. The lowest BCUT2D eigenvalue weighted by molar-refractivity contribution is 0.0642. The average Bonchev–Trinajstić information content (AvgIpc) is 2.69. The number of hydrogen-bond donors (Lipinski definition) is 1. The first kappa shape index (κ1) is 17.4. The van der Waals surface area contributed by atoms with Gasteiger partial charge in [0.15, 0.2) is 0 Å². The van der Waals surface area contributed by atoms with Crippen molar-refractivity contribution >= 4 is 11.9 Å². The smallest absolute Gasteiger partial charge is 0.257 e. The fourth-order valence-electron chi connectivity index (χ4n) is 2.98. The standard InChI is InChI=1S/C19H25N5O/c1-3-23-9-11-24(12-10-23)18(25)17-13-20-19(21-14-17)22-15(2)16-7-5-4-6-8-16/h4-8,13-15H,3,9-12H2,1-2H3,(H,20,21,22). The molecule has 1 fully saturated rings. The van der Waals surface area contributed by atoms with Crippen molar-refractivity contribution in [3.63, 3.8) is 0 Å². The maximum Gasteiger partial charge on any atom is 0.257 e. The van der Waals surface area contributed by atoms with Gasteiger partial charge in [0.2, 0.25) is 5.95 Å². The second-order valence-corrected chi connectivity index (χ2v) is 6.30. The molecule has 0 bridgehead atoms. The minimum absolute atomic E-state index is 0.0124. The van der Waals surface area contributed by atoms with Gasteiger partial charge >= 0.3 is 0 Å². The van der Waals surface area contributed by atoms with E-state index in [4.69, 9.17) is 0 Å². The van der Waals surface area contributed by atoms with Crippen molar-refractivity contribution < 1.29 is 4.79 Å². The van der Waals surface area contributed by atoms with Crippen molar-refractivity contribution in [2.75, 3.05) is 38.0 Å². The summed E-state index contributed by atoms with van der Waals surface area (Å²) in [6.07, 6.45) is 3.23. The summed E-state index contributed by atoms with van der Waals surface area (Å²) in [7, 11) is 0. The largest absolute Gasteiger partial charge is 0.348 e. The molecule has 132 valence electrons. The number of carbonyl (C=O) groups excluding carboxylic acids is 1. The van der Waals surface area contributed by atoms with Crippen LogP contribution in [0.2, 0.25) is 0 Å². The normalized spacial score (nSPS) is 16.5. The molecule has 1 aromatic carbocycles. The molecule has 2 heterocycles. The third-order valence-electron chi connectivity index (χ3n) is 4.65. The molecule has 1 N–H and O–H groups in total. The number of carbonyl (C=O) groups is 1. The molecule has 1 amide bonds. The average molecular weight is 339 g/mol. The number of nitrogens with zero attached hydrogens (tertiary/aromatic N) is 4. The van der Waals surface area contributed by atoms with E-state index in [1.54, 1.807) is 12.4 Å². The maximum absolute atomic E-state index is 12.6. The van der Waals surface area contributed by atoms with Gasteiger partial charge in [-0.25, -0.2) is 9.97 Å². The van der Waals surface area contributed by atoms with Crippen LogP contribution in [0.4, 0.5) is 5.95 Å². The number of benzene rings is 1. The van der Waals surface area contributed by atoms with Crippen LogP contribution in [-0.4, -0.2) is 58.4 Å². The Hall–Kier alpha value is -2.47. The van der Waals surface area contributed by atoms with E-state index in [9.17, 15) is 4.79 Å². The number of likely N-dealkylation sites (N-methyl/N-ethyl adjacent to an activating group) is 1. The van der Waals surface area contributed by atoms with Gasteiger partial charge in [-0.3, -0.25) is 4.79 Å². The van der Waals surface area contributed by atoms with E-state index in [1.165, 1.54) is 5.56 Å². The Kier molecular flexibility index (Phi) is 5.60. The van der Waals surface area contributed by atoms with Crippen molar-refractivity contribution in [2.45, 2.75) is 19.9 Å². The lowest BCUT2D eigenvalue weighted by Crippen LogP contribution is -2.48. The van der Waals surface area contributed by atoms with E-state index in [-0.39, 0.29) is 11.9 Å². The summed E-state index contributed by atoms with van der Waals surface area (Å²) in [5.41, 5.74) is 1.71. The van der Waals surface area contributed by atoms with E-state index in [0.29, 0.717) is 11.5 Å². The molecule has 2 aromatic rings. The first-order chi connectivity index (χ1) is 12.2. The maximum atomic E-state index is 12.6. The van der Waals surface area contributed by atoms with Crippen molar-refractivity contribution in [2.24, 2.45) is 0 Å². The molecule has 0 saturated carbocycles. The van der Waals surface area contributed by atoms with Crippen LogP contribution in [0.3, 0.4) is 0 Å². The van der Waals surface area contributed by atoms with Gasteiger partial charge in [0.25, 0.3) is 5.91 Å². The van der Waals surface area contributed by atoms with Gasteiger partial charge in [-0.05, 0) is 19.0 Å². The minimum atomic E-state index is 0.0124. The number of amides is 1. The van der Waals surface area contributed by atoms with Crippen LogP contribution in [0.5, 0.6) is 0 Å². The van der Waals surface area contributed by atoms with Gasteiger partial charge in [-0.1, -0.05) is 37.3 Å². The van der Waals surface area contributed by atoms with Crippen molar-refractivity contribution in [3.05, 3.63) is 53.9 Å². The highest BCUT2D eigenvalue weighted by atomic mass is 16.2. The van der Waals surface area contributed by atoms with Crippen LogP contribution in [-0.2, 0) is 0 Å². The summed E-state index contributed by atoms with van der Waals surface area (Å²) in [6.45, 7) is 8.62.